The zero-order chi connectivity index (χ0) is 15.9. The second kappa shape index (κ2) is 5.30. The minimum absolute atomic E-state index is 0.204. The second-order valence-electron chi connectivity index (χ2n) is 5.55. The molecule has 0 aliphatic carbocycles. The number of methoxy groups -OCH3 is 1. The number of hydrogen-bond donors (Lipinski definition) is 0. The predicted octanol–water partition coefficient (Wildman–Crippen LogP) is 3.97. The van der Waals surface area contributed by atoms with E-state index in [0.29, 0.717) is 11.1 Å². The highest BCUT2D eigenvalue weighted by Gasteiger charge is 2.17. The fourth-order valence-electron chi connectivity index (χ4n) is 3.02. The number of hydrogen-bond acceptors (Lipinski definition) is 3. The third kappa shape index (κ3) is 1.99. The van der Waals surface area contributed by atoms with Crippen LogP contribution in [0.4, 0.5) is 0 Å². The Kier molecular flexibility index (Phi) is 3.45. The summed E-state index contributed by atoms with van der Waals surface area (Å²) >= 11 is 0. The highest BCUT2D eigenvalue weighted by Crippen LogP contribution is 2.34. The van der Waals surface area contributed by atoms with Gasteiger partial charge in [-0.3, -0.25) is 4.79 Å². The Balaban J connectivity index is 2.48. The van der Waals surface area contributed by atoms with Gasteiger partial charge in [-0.05, 0) is 32.0 Å². The van der Waals surface area contributed by atoms with Crippen LogP contribution in [0.15, 0.2) is 36.4 Å². The van der Waals surface area contributed by atoms with Crippen molar-refractivity contribution in [2.45, 2.75) is 19.9 Å². The maximum Gasteiger partial charge on any atom is 0.337 e. The van der Waals surface area contributed by atoms with Crippen molar-refractivity contribution in [2.24, 2.45) is 0 Å². The molecule has 1 heterocycles. The molecule has 0 fully saturated rings. The second-order valence-corrected chi connectivity index (χ2v) is 5.55. The smallest absolute Gasteiger partial charge is 0.337 e. The van der Waals surface area contributed by atoms with Crippen LogP contribution in [0, 0.1) is 0 Å². The molecule has 4 nitrogen and oxygen atoms in total. The van der Waals surface area contributed by atoms with Crippen LogP contribution < -0.4 is 0 Å². The Morgan fingerprint density at radius 3 is 2.59 bits per heavy atom. The van der Waals surface area contributed by atoms with E-state index in [4.69, 9.17) is 4.74 Å². The third-order valence-corrected chi connectivity index (χ3v) is 3.93. The average molecular weight is 295 g/mol. The van der Waals surface area contributed by atoms with E-state index in [2.05, 4.69) is 18.4 Å². The Morgan fingerprint density at radius 1 is 1.18 bits per heavy atom. The van der Waals surface area contributed by atoms with Crippen LogP contribution in [-0.2, 0) is 4.74 Å². The zero-order valence-electron chi connectivity index (χ0n) is 12.8. The molecule has 0 spiro atoms. The number of carbonyl (C=O) groups excluding carboxylic acids is 2. The van der Waals surface area contributed by atoms with Crippen LogP contribution in [-0.4, -0.2) is 23.9 Å². The van der Waals surface area contributed by atoms with E-state index in [1.165, 1.54) is 7.11 Å². The first-order valence-corrected chi connectivity index (χ1v) is 7.18. The van der Waals surface area contributed by atoms with Gasteiger partial charge in [0, 0.05) is 22.4 Å². The lowest BCUT2D eigenvalue weighted by molar-refractivity contribution is 0.0600. The van der Waals surface area contributed by atoms with Crippen molar-refractivity contribution in [3.8, 4) is 0 Å². The number of rotatable bonds is 3. The van der Waals surface area contributed by atoms with Crippen molar-refractivity contribution in [1.82, 2.24) is 4.57 Å². The Labute approximate surface area is 128 Å². The SMILES string of the molecule is COC(=O)c1ccc2c3c(C=O)cccc3n(C(C)C)c2c1. The summed E-state index contributed by atoms with van der Waals surface area (Å²) in [5.74, 6) is -0.363. The van der Waals surface area contributed by atoms with Crippen molar-refractivity contribution in [2.75, 3.05) is 7.11 Å². The molecule has 0 N–H and O–H groups in total. The molecular weight excluding hydrogens is 278 g/mol. The quantitative estimate of drug-likeness (QED) is 0.542. The number of ether oxygens (including phenoxy) is 1. The van der Waals surface area contributed by atoms with Gasteiger partial charge in [-0.15, -0.1) is 0 Å². The summed E-state index contributed by atoms with van der Waals surface area (Å²) in [6, 6.07) is 11.3. The Bertz CT molecular complexity index is 890. The van der Waals surface area contributed by atoms with E-state index in [9.17, 15) is 9.59 Å². The summed E-state index contributed by atoms with van der Waals surface area (Å²) in [7, 11) is 1.37. The molecule has 0 radical (unpaired) electrons. The molecule has 1 aromatic heterocycles. The molecule has 0 unspecified atom stereocenters. The summed E-state index contributed by atoms with van der Waals surface area (Å²) in [5, 5.41) is 1.90. The molecule has 4 heteroatoms. The van der Waals surface area contributed by atoms with E-state index < -0.39 is 0 Å². The first kappa shape index (κ1) is 14.3. The van der Waals surface area contributed by atoms with E-state index in [-0.39, 0.29) is 12.0 Å². The molecule has 3 rings (SSSR count). The summed E-state index contributed by atoms with van der Waals surface area (Å²) in [6.45, 7) is 4.16. The topological polar surface area (TPSA) is 48.3 Å². The normalized spacial score (nSPS) is 11.3. The third-order valence-electron chi connectivity index (χ3n) is 3.93. The lowest BCUT2D eigenvalue weighted by atomic mass is 10.1. The minimum atomic E-state index is -0.363. The van der Waals surface area contributed by atoms with Crippen molar-refractivity contribution >= 4 is 34.1 Å². The van der Waals surface area contributed by atoms with E-state index in [1.54, 1.807) is 6.07 Å². The van der Waals surface area contributed by atoms with Crippen molar-refractivity contribution in [3.05, 3.63) is 47.5 Å². The van der Waals surface area contributed by atoms with E-state index in [0.717, 1.165) is 28.1 Å². The first-order chi connectivity index (χ1) is 10.6. The van der Waals surface area contributed by atoms with Gasteiger partial charge < -0.3 is 9.30 Å². The molecule has 22 heavy (non-hydrogen) atoms. The Morgan fingerprint density at radius 2 is 1.95 bits per heavy atom. The predicted molar refractivity (Wildman–Crippen MR) is 86.6 cm³/mol. The molecule has 0 bridgehead atoms. The zero-order valence-corrected chi connectivity index (χ0v) is 12.8. The molecule has 0 saturated heterocycles. The summed E-state index contributed by atoms with van der Waals surface area (Å²) in [4.78, 5) is 23.2. The van der Waals surface area contributed by atoms with Gasteiger partial charge in [-0.1, -0.05) is 18.2 Å². The maximum atomic E-state index is 11.8. The molecule has 0 aliphatic rings. The summed E-state index contributed by atoms with van der Waals surface area (Å²) < 4.78 is 6.94. The number of aromatic nitrogens is 1. The number of fused-ring (bicyclic) bond motifs is 3. The molecule has 112 valence electrons. The lowest BCUT2D eigenvalue weighted by Gasteiger charge is -2.12. The van der Waals surface area contributed by atoms with Crippen LogP contribution >= 0.6 is 0 Å². The van der Waals surface area contributed by atoms with Crippen LogP contribution in [0.3, 0.4) is 0 Å². The number of esters is 1. The fourth-order valence-corrected chi connectivity index (χ4v) is 3.02. The van der Waals surface area contributed by atoms with E-state index >= 15 is 0 Å². The number of carbonyl (C=O) groups is 2. The van der Waals surface area contributed by atoms with Gasteiger partial charge >= 0.3 is 5.97 Å². The molecule has 3 aromatic rings. The van der Waals surface area contributed by atoms with Gasteiger partial charge in [-0.2, -0.15) is 0 Å². The van der Waals surface area contributed by atoms with Gasteiger partial charge in [0.05, 0.1) is 23.7 Å². The van der Waals surface area contributed by atoms with E-state index in [1.807, 2.05) is 30.3 Å². The standard InChI is InChI=1S/C18H17NO3/c1-11(2)19-15-6-4-5-13(10-20)17(15)14-8-7-12(9-16(14)19)18(21)22-3/h4-11H,1-3H3. The van der Waals surface area contributed by atoms with Gasteiger partial charge in [0.25, 0.3) is 0 Å². The summed E-state index contributed by atoms with van der Waals surface area (Å²) in [6.07, 6.45) is 0.876. The van der Waals surface area contributed by atoms with Crippen molar-refractivity contribution in [1.29, 1.82) is 0 Å². The van der Waals surface area contributed by atoms with Crippen LogP contribution in [0.5, 0.6) is 0 Å². The molecule has 0 amide bonds. The fraction of sp³-hybridized carbons (Fsp3) is 0.222. The van der Waals surface area contributed by atoms with Gasteiger partial charge in [0.2, 0.25) is 0 Å². The van der Waals surface area contributed by atoms with Crippen LogP contribution in [0.2, 0.25) is 0 Å². The largest absolute Gasteiger partial charge is 0.465 e. The van der Waals surface area contributed by atoms with Crippen molar-refractivity contribution < 1.29 is 14.3 Å². The molecule has 0 atom stereocenters. The first-order valence-electron chi connectivity index (χ1n) is 7.18. The lowest BCUT2D eigenvalue weighted by Crippen LogP contribution is -2.03. The molecular formula is C18H17NO3. The van der Waals surface area contributed by atoms with Crippen LogP contribution in [0.1, 0.15) is 40.6 Å². The number of benzene rings is 2. The van der Waals surface area contributed by atoms with Gasteiger partial charge in [0.1, 0.15) is 0 Å². The number of nitrogens with zero attached hydrogens (tertiary/aromatic N) is 1. The minimum Gasteiger partial charge on any atom is -0.465 e. The van der Waals surface area contributed by atoms with Crippen LogP contribution in [0.25, 0.3) is 21.8 Å². The summed E-state index contributed by atoms with van der Waals surface area (Å²) in [5.41, 5.74) is 3.10. The maximum absolute atomic E-state index is 11.8. The molecule has 0 aliphatic heterocycles. The van der Waals surface area contributed by atoms with Gasteiger partial charge in [0.15, 0.2) is 6.29 Å². The highest BCUT2D eigenvalue weighted by molar-refractivity contribution is 6.15. The monoisotopic (exact) mass is 295 g/mol. The van der Waals surface area contributed by atoms with Crippen molar-refractivity contribution in [3.63, 3.8) is 0 Å². The molecule has 2 aromatic carbocycles. The highest BCUT2D eigenvalue weighted by atomic mass is 16.5. The Hall–Kier alpha value is -2.62. The average Bonchev–Trinajstić information content (AvgIpc) is 2.87. The molecule has 0 saturated carbocycles. The number of aldehydes is 1. The van der Waals surface area contributed by atoms with Gasteiger partial charge in [-0.25, -0.2) is 4.79 Å².